The number of fused-ring (bicyclic) bond motifs is 1. The first-order chi connectivity index (χ1) is 17.0. The Kier molecular flexibility index (Phi) is 7.13. The molecule has 3 aromatic rings. The minimum absolute atomic E-state index is 0.532. The largest absolute Gasteiger partial charge is 0.358 e. The van der Waals surface area contributed by atoms with E-state index < -0.39 is 0 Å². The number of nitrogens with one attached hydrogen (secondary N) is 2. The van der Waals surface area contributed by atoms with Gasteiger partial charge in [0.15, 0.2) is 5.11 Å². The molecule has 2 aliphatic heterocycles. The van der Waals surface area contributed by atoms with Crippen LogP contribution in [0.3, 0.4) is 0 Å². The maximum atomic E-state index is 5.60. The number of thiocarbonyl (C=S) groups is 1. The van der Waals surface area contributed by atoms with Crippen molar-refractivity contribution < 1.29 is 0 Å². The summed E-state index contributed by atoms with van der Waals surface area (Å²) < 4.78 is 0. The molecule has 5 rings (SSSR count). The molecule has 0 aliphatic carbocycles. The van der Waals surface area contributed by atoms with Crippen molar-refractivity contribution in [2.24, 2.45) is 5.92 Å². The minimum Gasteiger partial charge on any atom is -0.358 e. The Morgan fingerprint density at radius 2 is 1.63 bits per heavy atom. The van der Waals surface area contributed by atoms with Crippen LogP contribution in [0.4, 0.5) is 17.6 Å². The Balaban J connectivity index is 1.34. The zero-order valence-electron chi connectivity index (χ0n) is 20.6. The monoisotopic (exact) mass is 486 g/mol. The zero-order valence-corrected chi connectivity index (χ0v) is 21.4. The highest BCUT2D eigenvalue weighted by Crippen LogP contribution is 2.29. The van der Waals surface area contributed by atoms with Gasteiger partial charge < -0.3 is 20.4 Å². The molecule has 0 amide bonds. The van der Waals surface area contributed by atoms with Gasteiger partial charge in [0.05, 0.1) is 0 Å². The fourth-order valence-corrected chi connectivity index (χ4v) is 4.93. The second kappa shape index (κ2) is 10.6. The van der Waals surface area contributed by atoms with E-state index in [1.54, 1.807) is 0 Å². The number of aromatic nitrogens is 2. The summed E-state index contributed by atoms with van der Waals surface area (Å²) in [6, 6.07) is 19.3. The number of rotatable bonds is 5. The van der Waals surface area contributed by atoms with Crippen molar-refractivity contribution in [1.29, 1.82) is 0 Å². The number of anilines is 3. The summed E-state index contributed by atoms with van der Waals surface area (Å²) in [5.41, 5.74) is 5.24. The van der Waals surface area contributed by atoms with Crippen LogP contribution in [0.15, 0.2) is 54.6 Å². The van der Waals surface area contributed by atoms with Gasteiger partial charge in [-0.2, -0.15) is 9.97 Å². The van der Waals surface area contributed by atoms with E-state index >= 15 is 0 Å². The Bertz CT molecular complexity index is 1170. The van der Waals surface area contributed by atoms with E-state index in [2.05, 4.69) is 88.9 Å². The van der Waals surface area contributed by atoms with Gasteiger partial charge in [-0.05, 0) is 61.0 Å². The third-order valence-electron chi connectivity index (χ3n) is 7.06. The van der Waals surface area contributed by atoms with Gasteiger partial charge >= 0.3 is 0 Å². The molecule has 2 N–H and O–H groups in total. The van der Waals surface area contributed by atoms with Crippen LogP contribution >= 0.6 is 12.2 Å². The maximum absolute atomic E-state index is 5.60. The molecular weight excluding hydrogens is 452 g/mol. The predicted octanol–water partition coefficient (Wildman–Crippen LogP) is 5.07. The van der Waals surface area contributed by atoms with E-state index in [0.717, 1.165) is 50.2 Å². The average molecular weight is 487 g/mol. The fourth-order valence-electron chi connectivity index (χ4n) is 4.76. The van der Waals surface area contributed by atoms with Crippen molar-refractivity contribution in [3.8, 4) is 0 Å². The molecule has 1 fully saturated rings. The molecule has 35 heavy (non-hydrogen) atoms. The van der Waals surface area contributed by atoms with Gasteiger partial charge in [-0.25, -0.2) is 0 Å². The summed E-state index contributed by atoms with van der Waals surface area (Å²) in [7, 11) is 0. The molecule has 0 saturated carbocycles. The van der Waals surface area contributed by atoms with Crippen molar-refractivity contribution >= 4 is 34.9 Å². The highest BCUT2D eigenvalue weighted by molar-refractivity contribution is 7.80. The smallest absolute Gasteiger partial charge is 0.232 e. The Hall–Kier alpha value is -3.19. The van der Waals surface area contributed by atoms with E-state index in [1.807, 2.05) is 0 Å². The van der Waals surface area contributed by atoms with Crippen LogP contribution < -0.4 is 20.4 Å². The van der Waals surface area contributed by atoms with E-state index in [9.17, 15) is 0 Å². The van der Waals surface area contributed by atoms with Gasteiger partial charge in [0.2, 0.25) is 5.95 Å². The van der Waals surface area contributed by atoms with Gasteiger partial charge in [0, 0.05) is 38.8 Å². The zero-order chi connectivity index (χ0) is 24.2. The summed E-state index contributed by atoms with van der Waals surface area (Å²) in [5.74, 6) is 3.25. The lowest BCUT2D eigenvalue weighted by Gasteiger charge is -2.33. The van der Waals surface area contributed by atoms with E-state index in [0.29, 0.717) is 17.6 Å². The molecule has 2 aliphatic rings. The second-order valence-electron chi connectivity index (χ2n) is 9.81. The summed E-state index contributed by atoms with van der Waals surface area (Å²) in [6.07, 6.45) is 3.40. The summed E-state index contributed by atoms with van der Waals surface area (Å²) in [6.45, 7) is 8.94. The lowest BCUT2D eigenvalue weighted by atomic mass is 9.99. The van der Waals surface area contributed by atoms with Crippen molar-refractivity contribution in [1.82, 2.24) is 15.3 Å². The van der Waals surface area contributed by atoms with Crippen molar-refractivity contribution in [3.63, 3.8) is 0 Å². The number of benzene rings is 2. The first kappa shape index (κ1) is 23.5. The molecule has 182 valence electrons. The maximum Gasteiger partial charge on any atom is 0.232 e. The topological polar surface area (TPSA) is 56.3 Å². The van der Waals surface area contributed by atoms with E-state index in [1.165, 1.54) is 35.1 Å². The summed E-state index contributed by atoms with van der Waals surface area (Å²) in [4.78, 5) is 14.5. The van der Waals surface area contributed by atoms with E-state index in [4.69, 9.17) is 22.2 Å². The fraction of sp³-hybridized carbons (Fsp3) is 0.393. The third kappa shape index (κ3) is 5.90. The third-order valence-corrected chi connectivity index (χ3v) is 7.31. The first-order valence-electron chi connectivity index (χ1n) is 12.6. The van der Waals surface area contributed by atoms with Crippen LogP contribution in [-0.4, -0.2) is 34.7 Å². The van der Waals surface area contributed by atoms with Crippen LogP contribution in [0.5, 0.6) is 0 Å². The number of hydrogen-bond donors (Lipinski definition) is 2. The molecule has 1 aromatic heterocycles. The van der Waals surface area contributed by atoms with Crippen LogP contribution in [0, 0.1) is 12.8 Å². The highest BCUT2D eigenvalue weighted by Gasteiger charge is 2.22. The number of nitrogens with zero attached hydrogens (tertiary/aromatic N) is 4. The second-order valence-corrected chi connectivity index (χ2v) is 10.2. The summed E-state index contributed by atoms with van der Waals surface area (Å²) >= 11 is 5.60. The SMILES string of the molecule is Cc1ccc(CNC(=S)Nc2nc(N3CCC(C)CC3)cc(N3CCc4ccccc4C3)n2)cc1. The number of hydrogen-bond acceptors (Lipinski definition) is 5. The first-order valence-corrected chi connectivity index (χ1v) is 13.0. The van der Waals surface area contributed by atoms with Gasteiger partial charge in [-0.1, -0.05) is 61.0 Å². The van der Waals surface area contributed by atoms with Gasteiger partial charge in [-0.3, -0.25) is 0 Å². The van der Waals surface area contributed by atoms with Crippen molar-refractivity contribution in [2.75, 3.05) is 34.8 Å². The lowest BCUT2D eigenvalue weighted by Crippen LogP contribution is -2.35. The molecule has 6 nitrogen and oxygen atoms in total. The quantitative estimate of drug-likeness (QED) is 0.488. The Morgan fingerprint density at radius 3 is 2.37 bits per heavy atom. The molecule has 2 aromatic carbocycles. The van der Waals surface area contributed by atoms with Crippen LogP contribution in [0.1, 0.15) is 42.0 Å². The average Bonchev–Trinajstić information content (AvgIpc) is 2.88. The summed E-state index contributed by atoms with van der Waals surface area (Å²) in [5, 5.41) is 7.08. The Labute approximate surface area is 213 Å². The van der Waals surface area contributed by atoms with Crippen molar-refractivity contribution in [3.05, 3.63) is 76.9 Å². The van der Waals surface area contributed by atoms with Crippen molar-refractivity contribution in [2.45, 2.75) is 46.2 Å². The van der Waals surface area contributed by atoms with Gasteiger partial charge in [-0.15, -0.1) is 0 Å². The van der Waals surface area contributed by atoms with Crippen LogP contribution in [0.25, 0.3) is 0 Å². The molecular formula is C28H34N6S. The minimum atomic E-state index is 0.532. The highest BCUT2D eigenvalue weighted by atomic mass is 32.1. The molecule has 0 unspecified atom stereocenters. The normalized spacial score (nSPS) is 16.1. The standard InChI is InChI=1S/C28H34N6S/c1-20-7-9-22(10-8-20)18-29-28(35)32-27-30-25(33-14-11-21(2)12-15-33)17-26(31-27)34-16-13-23-5-3-4-6-24(23)19-34/h3-10,17,21H,11-16,18-19H2,1-2H3,(H2,29,30,31,32,35). The van der Waals surface area contributed by atoms with Gasteiger partial charge in [0.25, 0.3) is 0 Å². The molecule has 0 radical (unpaired) electrons. The lowest BCUT2D eigenvalue weighted by molar-refractivity contribution is 0.436. The Morgan fingerprint density at radius 1 is 0.943 bits per heavy atom. The molecule has 7 heteroatoms. The van der Waals surface area contributed by atoms with Crippen LogP contribution in [-0.2, 0) is 19.5 Å². The van der Waals surface area contributed by atoms with Gasteiger partial charge in [0.1, 0.15) is 11.6 Å². The molecule has 0 atom stereocenters. The molecule has 0 spiro atoms. The predicted molar refractivity (Wildman–Crippen MR) is 148 cm³/mol. The van der Waals surface area contributed by atoms with E-state index in [-0.39, 0.29) is 0 Å². The number of piperidine rings is 1. The molecule has 1 saturated heterocycles. The molecule has 3 heterocycles. The molecule has 0 bridgehead atoms. The van der Waals surface area contributed by atoms with Crippen LogP contribution in [0.2, 0.25) is 0 Å². The number of aryl methyl sites for hydroxylation is 1.